The Morgan fingerprint density at radius 2 is 1.73 bits per heavy atom. The van der Waals surface area contributed by atoms with Crippen molar-refractivity contribution in [3.05, 3.63) is 59.2 Å². The summed E-state index contributed by atoms with van der Waals surface area (Å²) in [5.74, 6) is -4.14. The number of fused-ring (bicyclic) bond motifs is 1. The quantitative estimate of drug-likeness (QED) is 0.780. The average molecular weight is 413 g/mol. The Labute approximate surface area is 170 Å². The molecule has 0 aromatic heterocycles. The first-order chi connectivity index (χ1) is 14.2. The van der Waals surface area contributed by atoms with Crippen LogP contribution in [0.3, 0.4) is 0 Å². The van der Waals surface area contributed by atoms with Gasteiger partial charge in [-0.15, -0.1) is 0 Å². The summed E-state index contributed by atoms with van der Waals surface area (Å²) in [7, 11) is 0. The highest BCUT2D eigenvalue weighted by Gasteiger charge is 2.55. The minimum Gasteiger partial charge on any atom is -0.324 e. The standard InChI is InChI=1S/C20H17F2N5O3/c1-10-5-11(2)7-12(6-10)23-16(28)9-26-18-17(24-25-26)19(29)27(20(18)30)13-3-4-14(21)15(22)8-13/h3-8,17-18H,9H2,1-2H3,(H,23,28)/t17-,18+/m1/s1. The van der Waals surface area contributed by atoms with E-state index in [1.165, 1.54) is 0 Å². The van der Waals surface area contributed by atoms with Crippen LogP contribution in [-0.2, 0) is 14.4 Å². The number of benzene rings is 2. The van der Waals surface area contributed by atoms with Crippen LogP contribution in [0, 0.1) is 25.5 Å². The molecule has 30 heavy (non-hydrogen) atoms. The van der Waals surface area contributed by atoms with Crippen LogP contribution in [0.4, 0.5) is 20.2 Å². The molecule has 0 aliphatic carbocycles. The van der Waals surface area contributed by atoms with Gasteiger partial charge in [0.15, 0.2) is 23.7 Å². The fourth-order valence-electron chi connectivity index (χ4n) is 3.63. The third-order valence-electron chi connectivity index (χ3n) is 4.83. The van der Waals surface area contributed by atoms with E-state index in [4.69, 9.17) is 0 Å². The molecular weight excluding hydrogens is 396 g/mol. The first-order valence-corrected chi connectivity index (χ1v) is 9.13. The van der Waals surface area contributed by atoms with E-state index in [0.717, 1.165) is 39.2 Å². The van der Waals surface area contributed by atoms with Crippen LogP contribution in [0.25, 0.3) is 0 Å². The molecule has 2 heterocycles. The molecule has 10 heteroatoms. The van der Waals surface area contributed by atoms with E-state index < -0.39 is 41.4 Å². The lowest BCUT2D eigenvalue weighted by molar-refractivity contribution is -0.123. The number of imide groups is 1. The number of nitrogens with one attached hydrogen (secondary N) is 1. The average Bonchev–Trinajstić information content (AvgIpc) is 3.17. The Hall–Kier alpha value is -3.69. The molecule has 2 aliphatic heterocycles. The van der Waals surface area contributed by atoms with Crippen LogP contribution in [-0.4, -0.2) is 41.4 Å². The highest BCUT2D eigenvalue weighted by atomic mass is 19.2. The van der Waals surface area contributed by atoms with E-state index in [-0.39, 0.29) is 12.2 Å². The summed E-state index contributed by atoms with van der Waals surface area (Å²) in [4.78, 5) is 38.6. The molecule has 154 valence electrons. The SMILES string of the molecule is Cc1cc(C)cc(NC(=O)CN2N=N[C@H]3C(=O)N(c4ccc(F)c(F)c4)C(=O)[C@H]32)c1. The summed E-state index contributed by atoms with van der Waals surface area (Å²) < 4.78 is 26.8. The lowest BCUT2D eigenvalue weighted by Gasteiger charge is -2.20. The Kier molecular flexibility index (Phi) is 4.76. The number of amides is 3. The maximum Gasteiger partial charge on any atom is 0.263 e. The van der Waals surface area contributed by atoms with Crippen LogP contribution in [0.5, 0.6) is 0 Å². The number of carbonyl (C=O) groups excluding carboxylic acids is 3. The van der Waals surface area contributed by atoms with Gasteiger partial charge in [0.05, 0.1) is 5.69 Å². The predicted octanol–water partition coefficient (Wildman–Crippen LogP) is 2.51. The lowest BCUT2D eigenvalue weighted by atomic mass is 10.1. The third-order valence-corrected chi connectivity index (χ3v) is 4.83. The largest absolute Gasteiger partial charge is 0.324 e. The molecular formula is C20H17F2N5O3. The summed E-state index contributed by atoms with van der Waals surface area (Å²) in [6.45, 7) is 3.50. The zero-order chi connectivity index (χ0) is 21.6. The van der Waals surface area contributed by atoms with Gasteiger partial charge >= 0.3 is 0 Å². The van der Waals surface area contributed by atoms with Gasteiger partial charge in [0.2, 0.25) is 5.91 Å². The molecule has 2 aromatic rings. The van der Waals surface area contributed by atoms with E-state index in [0.29, 0.717) is 5.69 Å². The van der Waals surface area contributed by atoms with Gasteiger partial charge in [-0.2, -0.15) is 5.11 Å². The van der Waals surface area contributed by atoms with Gasteiger partial charge in [-0.3, -0.25) is 19.4 Å². The number of halogens is 2. The first-order valence-electron chi connectivity index (χ1n) is 9.13. The van der Waals surface area contributed by atoms with Gasteiger partial charge in [-0.05, 0) is 49.2 Å². The van der Waals surface area contributed by atoms with Crippen molar-refractivity contribution in [3.63, 3.8) is 0 Å². The van der Waals surface area contributed by atoms with E-state index in [1.54, 1.807) is 12.1 Å². The number of carbonyl (C=O) groups is 3. The van der Waals surface area contributed by atoms with Crippen LogP contribution in [0.2, 0.25) is 0 Å². The molecule has 0 bridgehead atoms. The molecule has 0 saturated carbocycles. The summed E-state index contributed by atoms with van der Waals surface area (Å²) in [5, 5.41) is 11.5. The van der Waals surface area contributed by atoms with E-state index in [1.807, 2.05) is 19.9 Å². The predicted molar refractivity (Wildman–Crippen MR) is 103 cm³/mol. The number of nitrogens with zero attached hydrogens (tertiary/aromatic N) is 4. The van der Waals surface area contributed by atoms with Gasteiger partial charge in [0.25, 0.3) is 11.8 Å². The Morgan fingerprint density at radius 1 is 1.03 bits per heavy atom. The normalized spacial score (nSPS) is 20.1. The van der Waals surface area contributed by atoms with Crippen molar-refractivity contribution in [1.82, 2.24) is 5.01 Å². The number of hydrogen-bond donors (Lipinski definition) is 1. The van der Waals surface area contributed by atoms with Crippen LogP contribution < -0.4 is 10.2 Å². The molecule has 4 rings (SSSR count). The number of anilines is 2. The van der Waals surface area contributed by atoms with Crippen molar-refractivity contribution in [2.24, 2.45) is 10.3 Å². The Bertz CT molecular complexity index is 1080. The van der Waals surface area contributed by atoms with Crippen molar-refractivity contribution in [2.45, 2.75) is 25.9 Å². The summed E-state index contributed by atoms with van der Waals surface area (Å²) >= 11 is 0. The topological polar surface area (TPSA) is 94.4 Å². The summed E-state index contributed by atoms with van der Waals surface area (Å²) in [6.07, 6.45) is 0. The highest BCUT2D eigenvalue weighted by molar-refractivity contribution is 6.25. The van der Waals surface area contributed by atoms with Crippen molar-refractivity contribution < 1.29 is 23.2 Å². The van der Waals surface area contributed by atoms with E-state index in [9.17, 15) is 23.2 Å². The fraction of sp³-hybridized carbons (Fsp3) is 0.250. The van der Waals surface area contributed by atoms with Crippen LogP contribution in [0.1, 0.15) is 11.1 Å². The molecule has 1 fully saturated rings. The minimum absolute atomic E-state index is 0.104. The minimum atomic E-state index is -1.18. The van der Waals surface area contributed by atoms with Gasteiger partial charge in [-0.25, -0.2) is 13.7 Å². The molecule has 0 spiro atoms. The van der Waals surface area contributed by atoms with Crippen molar-refractivity contribution in [1.29, 1.82) is 0 Å². The molecule has 1 N–H and O–H groups in total. The second-order valence-electron chi connectivity index (χ2n) is 7.23. The molecule has 2 aromatic carbocycles. The smallest absolute Gasteiger partial charge is 0.263 e. The van der Waals surface area contributed by atoms with Gasteiger partial charge < -0.3 is 5.32 Å². The van der Waals surface area contributed by atoms with E-state index >= 15 is 0 Å². The van der Waals surface area contributed by atoms with Gasteiger partial charge in [0, 0.05) is 11.8 Å². The molecule has 0 radical (unpaired) electrons. The molecule has 2 aliphatic rings. The first kappa shape index (κ1) is 19.6. The third kappa shape index (κ3) is 3.40. The Balaban J connectivity index is 1.50. The van der Waals surface area contributed by atoms with Gasteiger partial charge in [0.1, 0.15) is 6.54 Å². The molecule has 0 unspecified atom stereocenters. The lowest BCUT2D eigenvalue weighted by Crippen LogP contribution is -2.43. The van der Waals surface area contributed by atoms with Crippen LogP contribution >= 0.6 is 0 Å². The monoisotopic (exact) mass is 413 g/mol. The second kappa shape index (κ2) is 7.29. The number of hydrogen-bond acceptors (Lipinski definition) is 6. The highest BCUT2D eigenvalue weighted by Crippen LogP contribution is 2.32. The fourth-order valence-corrected chi connectivity index (χ4v) is 3.63. The van der Waals surface area contributed by atoms with E-state index in [2.05, 4.69) is 15.7 Å². The molecule has 2 atom stereocenters. The van der Waals surface area contributed by atoms with Crippen molar-refractivity contribution in [3.8, 4) is 0 Å². The van der Waals surface area contributed by atoms with Crippen LogP contribution in [0.15, 0.2) is 46.7 Å². The number of aryl methyl sites for hydroxylation is 2. The zero-order valence-corrected chi connectivity index (χ0v) is 16.1. The molecule has 3 amide bonds. The zero-order valence-electron chi connectivity index (χ0n) is 16.1. The molecule has 8 nitrogen and oxygen atoms in total. The summed E-state index contributed by atoms with van der Waals surface area (Å²) in [5.41, 5.74) is 2.45. The van der Waals surface area contributed by atoms with Gasteiger partial charge in [-0.1, -0.05) is 11.3 Å². The molecule has 1 saturated heterocycles. The van der Waals surface area contributed by atoms with Crippen molar-refractivity contribution in [2.75, 3.05) is 16.8 Å². The number of rotatable bonds is 4. The Morgan fingerprint density at radius 3 is 2.40 bits per heavy atom. The van der Waals surface area contributed by atoms with Crippen molar-refractivity contribution >= 4 is 29.1 Å². The maximum atomic E-state index is 13.6. The second-order valence-corrected chi connectivity index (χ2v) is 7.23. The summed E-state index contributed by atoms with van der Waals surface area (Å²) in [6, 6.07) is 6.03. The maximum absolute atomic E-state index is 13.6.